The molecular formula is C12H19N3. The van der Waals surface area contributed by atoms with Crippen LogP contribution in [0.25, 0.3) is 5.57 Å². The number of hydrogen-bond donors (Lipinski definition) is 1. The average molecular weight is 205 g/mol. The second-order valence-corrected chi connectivity index (χ2v) is 3.88. The van der Waals surface area contributed by atoms with Crippen molar-refractivity contribution in [3.63, 3.8) is 0 Å². The molecule has 1 aromatic heterocycles. The van der Waals surface area contributed by atoms with E-state index in [1.807, 2.05) is 0 Å². The summed E-state index contributed by atoms with van der Waals surface area (Å²) in [5.74, 6) is 0. The Morgan fingerprint density at radius 2 is 2.27 bits per heavy atom. The van der Waals surface area contributed by atoms with E-state index in [0.717, 1.165) is 18.7 Å². The lowest BCUT2D eigenvalue weighted by molar-refractivity contribution is 0.595. The van der Waals surface area contributed by atoms with Crippen LogP contribution in [-0.4, -0.2) is 22.6 Å². The summed E-state index contributed by atoms with van der Waals surface area (Å²) >= 11 is 0. The predicted molar refractivity (Wildman–Crippen MR) is 63.4 cm³/mol. The minimum atomic E-state index is 0.551. The quantitative estimate of drug-likeness (QED) is 0.749. The van der Waals surface area contributed by atoms with Crippen LogP contribution in [0, 0.1) is 0 Å². The number of nitrogens with zero attached hydrogens (tertiary/aromatic N) is 2. The largest absolute Gasteiger partial charge is 0.314 e. The van der Waals surface area contributed by atoms with Gasteiger partial charge in [-0.1, -0.05) is 19.9 Å². The van der Waals surface area contributed by atoms with Crippen molar-refractivity contribution in [3.05, 3.63) is 30.4 Å². The Morgan fingerprint density at radius 1 is 1.47 bits per heavy atom. The summed E-state index contributed by atoms with van der Waals surface area (Å²) in [6.07, 6.45) is 8.43. The van der Waals surface area contributed by atoms with Crippen molar-refractivity contribution >= 4 is 5.57 Å². The molecule has 82 valence electrons. The van der Waals surface area contributed by atoms with Crippen LogP contribution in [-0.2, 0) is 0 Å². The molecule has 1 rings (SSSR count). The summed E-state index contributed by atoms with van der Waals surface area (Å²) < 4.78 is 0. The van der Waals surface area contributed by atoms with E-state index in [1.54, 1.807) is 18.6 Å². The first kappa shape index (κ1) is 11.9. The Kier molecular flexibility index (Phi) is 4.98. The third-order valence-electron chi connectivity index (χ3n) is 2.11. The van der Waals surface area contributed by atoms with Gasteiger partial charge in [0.25, 0.3) is 0 Å². The van der Waals surface area contributed by atoms with Gasteiger partial charge in [0, 0.05) is 18.4 Å². The second kappa shape index (κ2) is 6.30. The van der Waals surface area contributed by atoms with Gasteiger partial charge in [0.05, 0.1) is 11.9 Å². The van der Waals surface area contributed by atoms with Gasteiger partial charge in [-0.3, -0.25) is 9.97 Å². The van der Waals surface area contributed by atoms with Gasteiger partial charge in [0.2, 0.25) is 0 Å². The highest BCUT2D eigenvalue weighted by Crippen LogP contribution is 2.08. The van der Waals surface area contributed by atoms with E-state index in [4.69, 9.17) is 0 Å². The van der Waals surface area contributed by atoms with Gasteiger partial charge in [-0.25, -0.2) is 0 Å². The fourth-order valence-corrected chi connectivity index (χ4v) is 1.27. The molecule has 0 spiro atoms. The summed E-state index contributed by atoms with van der Waals surface area (Å²) in [7, 11) is 0. The molecule has 0 radical (unpaired) electrons. The van der Waals surface area contributed by atoms with Gasteiger partial charge in [-0.15, -0.1) is 0 Å². The third-order valence-corrected chi connectivity index (χ3v) is 2.11. The van der Waals surface area contributed by atoms with E-state index in [9.17, 15) is 0 Å². The molecule has 0 fully saturated rings. The molecule has 0 saturated carbocycles. The Bertz CT molecular complexity index is 304. The van der Waals surface area contributed by atoms with Crippen LogP contribution in [0.4, 0.5) is 0 Å². The van der Waals surface area contributed by atoms with Crippen molar-refractivity contribution in [2.75, 3.05) is 6.54 Å². The molecule has 0 aromatic carbocycles. The van der Waals surface area contributed by atoms with E-state index in [-0.39, 0.29) is 0 Å². The van der Waals surface area contributed by atoms with Crippen molar-refractivity contribution in [2.45, 2.75) is 33.2 Å². The van der Waals surface area contributed by atoms with Crippen molar-refractivity contribution in [2.24, 2.45) is 0 Å². The Labute approximate surface area is 91.7 Å². The Hall–Kier alpha value is -1.22. The summed E-state index contributed by atoms with van der Waals surface area (Å²) in [5.41, 5.74) is 2.15. The SMILES string of the molecule is CC(=CCCNC(C)C)c1cnccn1. The number of rotatable bonds is 5. The molecular weight excluding hydrogens is 186 g/mol. The van der Waals surface area contributed by atoms with Crippen LogP contribution in [0.1, 0.15) is 32.9 Å². The van der Waals surface area contributed by atoms with Gasteiger partial charge in [0.15, 0.2) is 0 Å². The molecule has 1 heterocycles. The number of nitrogens with one attached hydrogen (secondary N) is 1. The molecule has 0 bridgehead atoms. The highest BCUT2D eigenvalue weighted by molar-refractivity contribution is 5.59. The lowest BCUT2D eigenvalue weighted by atomic mass is 10.2. The van der Waals surface area contributed by atoms with Crippen LogP contribution in [0.5, 0.6) is 0 Å². The van der Waals surface area contributed by atoms with Gasteiger partial charge in [0.1, 0.15) is 0 Å². The van der Waals surface area contributed by atoms with Gasteiger partial charge in [-0.2, -0.15) is 0 Å². The van der Waals surface area contributed by atoms with Crippen molar-refractivity contribution in [3.8, 4) is 0 Å². The van der Waals surface area contributed by atoms with E-state index >= 15 is 0 Å². The monoisotopic (exact) mass is 205 g/mol. The van der Waals surface area contributed by atoms with Gasteiger partial charge >= 0.3 is 0 Å². The van der Waals surface area contributed by atoms with Gasteiger partial charge < -0.3 is 5.32 Å². The molecule has 0 aliphatic carbocycles. The fraction of sp³-hybridized carbons (Fsp3) is 0.500. The molecule has 3 heteroatoms. The summed E-state index contributed by atoms with van der Waals surface area (Å²) in [4.78, 5) is 8.28. The first-order valence-electron chi connectivity index (χ1n) is 5.36. The first-order valence-corrected chi connectivity index (χ1v) is 5.36. The lowest BCUT2D eigenvalue weighted by Crippen LogP contribution is -2.23. The average Bonchev–Trinajstić information content (AvgIpc) is 2.25. The summed E-state index contributed by atoms with van der Waals surface area (Å²) in [6, 6.07) is 0.551. The molecule has 3 nitrogen and oxygen atoms in total. The second-order valence-electron chi connectivity index (χ2n) is 3.88. The van der Waals surface area contributed by atoms with Crippen LogP contribution in [0.15, 0.2) is 24.7 Å². The van der Waals surface area contributed by atoms with Crippen LogP contribution in [0.2, 0.25) is 0 Å². The minimum Gasteiger partial charge on any atom is -0.314 e. The van der Waals surface area contributed by atoms with Crippen LogP contribution < -0.4 is 5.32 Å². The normalized spacial score (nSPS) is 12.1. The summed E-state index contributed by atoms with van der Waals surface area (Å²) in [5, 5.41) is 3.37. The Morgan fingerprint density at radius 3 is 2.87 bits per heavy atom. The van der Waals surface area contributed by atoms with E-state index in [0.29, 0.717) is 6.04 Å². The molecule has 0 amide bonds. The molecule has 0 unspecified atom stereocenters. The zero-order chi connectivity index (χ0) is 11.1. The topological polar surface area (TPSA) is 37.8 Å². The molecule has 0 aliphatic heterocycles. The summed E-state index contributed by atoms with van der Waals surface area (Å²) in [6.45, 7) is 7.38. The third kappa shape index (κ3) is 4.70. The molecule has 0 aliphatic rings. The molecule has 0 saturated heterocycles. The number of allylic oxidation sites excluding steroid dienone is 1. The minimum absolute atomic E-state index is 0.551. The van der Waals surface area contributed by atoms with Crippen LogP contribution in [0.3, 0.4) is 0 Å². The number of hydrogen-bond acceptors (Lipinski definition) is 3. The van der Waals surface area contributed by atoms with E-state index < -0.39 is 0 Å². The van der Waals surface area contributed by atoms with Crippen LogP contribution >= 0.6 is 0 Å². The van der Waals surface area contributed by atoms with Crippen molar-refractivity contribution in [1.82, 2.24) is 15.3 Å². The van der Waals surface area contributed by atoms with E-state index in [2.05, 4.69) is 42.1 Å². The first-order chi connectivity index (χ1) is 7.20. The van der Waals surface area contributed by atoms with Crippen molar-refractivity contribution in [1.29, 1.82) is 0 Å². The zero-order valence-corrected chi connectivity index (χ0v) is 9.70. The smallest absolute Gasteiger partial charge is 0.0838 e. The maximum atomic E-state index is 4.24. The standard InChI is InChI=1S/C12H19N3/c1-10(2)14-6-4-5-11(3)12-9-13-7-8-15-12/h5,7-10,14H,4,6H2,1-3H3. The van der Waals surface area contributed by atoms with Gasteiger partial charge in [-0.05, 0) is 25.5 Å². The predicted octanol–water partition coefficient (Wildman–Crippen LogP) is 2.27. The fourth-order valence-electron chi connectivity index (χ4n) is 1.27. The molecule has 15 heavy (non-hydrogen) atoms. The van der Waals surface area contributed by atoms with Crippen molar-refractivity contribution < 1.29 is 0 Å². The molecule has 0 atom stereocenters. The molecule has 1 N–H and O–H groups in total. The van der Waals surface area contributed by atoms with E-state index in [1.165, 1.54) is 5.57 Å². The molecule has 1 aromatic rings. The highest BCUT2D eigenvalue weighted by Gasteiger charge is 1.95. The maximum absolute atomic E-state index is 4.24. The highest BCUT2D eigenvalue weighted by atomic mass is 14.9. The zero-order valence-electron chi connectivity index (χ0n) is 9.70. The Balaban J connectivity index is 2.40. The lowest BCUT2D eigenvalue weighted by Gasteiger charge is -2.05. The maximum Gasteiger partial charge on any atom is 0.0838 e. The number of aromatic nitrogens is 2.